The molecule has 0 bridgehead atoms. The Labute approximate surface area is 221 Å². The lowest BCUT2D eigenvalue weighted by atomic mass is 9.99. The van der Waals surface area contributed by atoms with Crippen LogP contribution in [0.1, 0.15) is 32.5 Å². The maximum atomic E-state index is 13.6. The second-order valence-electron chi connectivity index (χ2n) is 9.57. The first kappa shape index (κ1) is 22.5. The van der Waals surface area contributed by atoms with Crippen molar-refractivity contribution < 1.29 is 14.7 Å². The minimum Gasteiger partial charge on any atom is -0.506 e. The molecule has 188 valence electrons. The summed E-state index contributed by atoms with van der Waals surface area (Å²) >= 11 is 6.29. The zero-order valence-electron chi connectivity index (χ0n) is 20.0. The summed E-state index contributed by atoms with van der Waals surface area (Å²) in [6.07, 6.45) is 1.77. The van der Waals surface area contributed by atoms with Crippen LogP contribution in [0.4, 0.5) is 11.4 Å². The van der Waals surface area contributed by atoms with Gasteiger partial charge in [0, 0.05) is 63.5 Å². The summed E-state index contributed by atoms with van der Waals surface area (Å²) in [7, 11) is 0. The second kappa shape index (κ2) is 8.43. The highest BCUT2D eigenvalue weighted by Crippen LogP contribution is 2.45. The van der Waals surface area contributed by atoms with E-state index in [1.54, 1.807) is 29.3 Å². The van der Waals surface area contributed by atoms with Gasteiger partial charge in [-0.25, -0.2) is 0 Å². The number of alkyl halides is 1. The molecule has 2 amide bonds. The molecule has 6 aromatic rings. The van der Waals surface area contributed by atoms with Crippen molar-refractivity contribution in [3.8, 4) is 5.75 Å². The van der Waals surface area contributed by atoms with Gasteiger partial charge >= 0.3 is 0 Å². The van der Waals surface area contributed by atoms with Crippen LogP contribution in [0.15, 0.2) is 72.9 Å². The number of rotatable bonds is 4. The van der Waals surface area contributed by atoms with Crippen LogP contribution in [0.5, 0.6) is 5.75 Å². The Hall–Kier alpha value is -4.69. The molecule has 38 heavy (non-hydrogen) atoms. The number of hydrogen-bond donors (Lipinski definition) is 5. The van der Waals surface area contributed by atoms with E-state index in [2.05, 4.69) is 20.3 Å². The maximum absolute atomic E-state index is 13.6. The standard InChI is InChI=1S/C29H22ClN5O3/c30-13-17-14-35(24-12-25(36)27-19(26(17)24)7-8-31-27)29(38)23-11-16-9-18(5-6-21(16)34-23)32-28(37)22-10-15-3-1-2-4-20(15)33-22/h1-12,17,31,33-34,36H,13-14H2,(H,32,37). The van der Waals surface area contributed by atoms with Crippen molar-refractivity contribution in [2.75, 3.05) is 22.6 Å². The smallest absolute Gasteiger partial charge is 0.274 e. The number of aromatic hydroxyl groups is 1. The zero-order valence-corrected chi connectivity index (χ0v) is 20.8. The number of carbonyl (C=O) groups is 2. The van der Waals surface area contributed by atoms with Crippen LogP contribution in [0, 0.1) is 0 Å². The molecule has 7 rings (SSSR count). The molecular formula is C29H22ClN5O3. The quantitative estimate of drug-likeness (QED) is 0.180. The lowest BCUT2D eigenvalue weighted by Gasteiger charge is -2.17. The normalized spacial score (nSPS) is 15.0. The highest BCUT2D eigenvalue weighted by Gasteiger charge is 2.35. The van der Waals surface area contributed by atoms with Crippen LogP contribution in [-0.2, 0) is 0 Å². The van der Waals surface area contributed by atoms with Crippen LogP contribution in [0.3, 0.4) is 0 Å². The fraction of sp³-hybridized carbons (Fsp3) is 0.103. The zero-order chi connectivity index (χ0) is 26.0. The molecule has 8 nitrogen and oxygen atoms in total. The van der Waals surface area contributed by atoms with Gasteiger partial charge in [0.1, 0.15) is 17.1 Å². The number of phenolic OH excluding ortho intramolecular Hbond substituents is 1. The minimum atomic E-state index is -0.246. The molecule has 3 aromatic carbocycles. The first-order valence-corrected chi connectivity index (χ1v) is 12.8. The fourth-order valence-electron chi connectivity index (χ4n) is 5.47. The summed E-state index contributed by atoms with van der Waals surface area (Å²) < 4.78 is 0. The molecular weight excluding hydrogens is 502 g/mol. The second-order valence-corrected chi connectivity index (χ2v) is 9.88. The van der Waals surface area contributed by atoms with Crippen LogP contribution < -0.4 is 10.2 Å². The Kier molecular flexibility index (Phi) is 4.99. The van der Waals surface area contributed by atoms with Gasteiger partial charge in [-0.1, -0.05) is 18.2 Å². The van der Waals surface area contributed by atoms with E-state index in [0.29, 0.717) is 40.7 Å². The van der Waals surface area contributed by atoms with Gasteiger partial charge in [0.25, 0.3) is 11.8 Å². The molecule has 0 fully saturated rings. The number of nitrogens with one attached hydrogen (secondary N) is 4. The van der Waals surface area contributed by atoms with E-state index >= 15 is 0 Å². The molecule has 0 saturated heterocycles. The third-order valence-electron chi connectivity index (χ3n) is 7.26. The van der Waals surface area contributed by atoms with E-state index in [1.807, 2.05) is 48.5 Å². The summed E-state index contributed by atoms with van der Waals surface area (Å²) in [5, 5.41) is 16.1. The molecule has 1 aliphatic rings. The monoisotopic (exact) mass is 523 g/mol. The average molecular weight is 524 g/mol. The number of phenols is 1. The predicted octanol–water partition coefficient (Wildman–Crippen LogP) is 6.07. The number of H-pyrrole nitrogens is 3. The minimum absolute atomic E-state index is 0.0506. The number of fused-ring (bicyclic) bond motifs is 5. The Balaban J connectivity index is 1.18. The summed E-state index contributed by atoms with van der Waals surface area (Å²) in [6.45, 7) is 0.419. The third-order valence-corrected chi connectivity index (χ3v) is 7.63. The Morgan fingerprint density at radius 3 is 2.61 bits per heavy atom. The predicted molar refractivity (Wildman–Crippen MR) is 150 cm³/mol. The molecule has 1 unspecified atom stereocenters. The molecule has 0 aliphatic carbocycles. The number of para-hydroxylation sites is 1. The molecule has 4 heterocycles. The topological polar surface area (TPSA) is 117 Å². The number of benzene rings is 3. The van der Waals surface area contributed by atoms with E-state index in [9.17, 15) is 14.7 Å². The van der Waals surface area contributed by atoms with E-state index in [-0.39, 0.29) is 23.5 Å². The van der Waals surface area contributed by atoms with Crippen molar-refractivity contribution in [3.05, 3.63) is 89.9 Å². The lowest BCUT2D eigenvalue weighted by Crippen LogP contribution is -2.30. The number of nitrogens with zero attached hydrogens (tertiary/aromatic N) is 1. The van der Waals surface area contributed by atoms with Crippen molar-refractivity contribution in [2.45, 2.75) is 5.92 Å². The molecule has 1 aliphatic heterocycles. The summed E-state index contributed by atoms with van der Waals surface area (Å²) in [4.78, 5) is 37.5. The van der Waals surface area contributed by atoms with Crippen molar-refractivity contribution >= 4 is 67.5 Å². The molecule has 0 radical (unpaired) electrons. The Morgan fingerprint density at radius 2 is 1.76 bits per heavy atom. The van der Waals surface area contributed by atoms with Crippen molar-refractivity contribution in [1.82, 2.24) is 15.0 Å². The van der Waals surface area contributed by atoms with Gasteiger partial charge in [-0.05, 0) is 48.0 Å². The Morgan fingerprint density at radius 1 is 0.974 bits per heavy atom. The molecule has 1 atom stereocenters. The number of halogens is 1. The maximum Gasteiger partial charge on any atom is 0.274 e. The number of aromatic amines is 3. The van der Waals surface area contributed by atoms with Crippen LogP contribution in [0.25, 0.3) is 32.7 Å². The number of amides is 2. The number of hydrogen-bond acceptors (Lipinski definition) is 3. The summed E-state index contributed by atoms with van der Waals surface area (Å²) in [6, 6.07) is 20.3. The third kappa shape index (κ3) is 3.45. The first-order valence-electron chi connectivity index (χ1n) is 12.2. The number of anilines is 2. The van der Waals surface area contributed by atoms with Crippen LogP contribution >= 0.6 is 11.6 Å². The molecule has 3 aromatic heterocycles. The number of carbonyl (C=O) groups excluding carboxylic acids is 2. The van der Waals surface area contributed by atoms with Crippen molar-refractivity contribution in [2.24, 2.45) is 0 Å². The molecule has 9 heteroatoms. The van der Waals surface area contributed by atoms with E-state index in [4.69, 9.17) is 11.6 Å². The summed E-state index contributed by atoms with van der Waals surface area (Å²) in [5.74, 6) is -0.0697. The molecule has 0 saturated carbocycles. The van der Waals surface area contributed by atoms with E-state index in [0.717, 1.165) is 32.8 Å². The first-order chi connectivity index (χ1) is 18.5. The van der Waals surface area contributed by atoms with Crippen LogP contribution in [0.2, 0.25) is 0 Å². The SMILES string of the molecule is O=C(Nc1ccc2[nH]c(C(=O)N3CC(CCl)c4c3cc(O)c3[nH]ccc43)cc2c1)c1cc2ccccc2[nH]1. The average Bonchev–Trinajstić information content (AvgIpc) is 3.71. The highest BCUT2D eigenvalue weighted by atomic mass is 35.5. The lowest BCUT2D eigenvalue weighted by molar-refractivity contribution is 0.0983. The van der Waals surface area contributed by atoms with Gasteiger partial charge in [0.15, 0.2) is 0 Å². The summed E-state index contributed by atoms with van der Waals surface area (Å²) in [5.41, 5.74) is 5.43. The highest BCUT2D eigenvalue weighted by molar-refractivity contribution is 6.19. The van der Waals surface area contributed by atoms with Crippen molar-refractivity contribution in [3.63, 3.8) is 0 Å². The van der Waals surface area contributed by atoms with Gasteiger partial charge in [-0.3, -0.25) is 9.59 Å². The molecule has 5 N–H and O–H groups in total. The van der Waals surface area contributed by atoms with Crippen LogP contribution in [-0.4, -0.2) is 44.3 Å². The van der Waals surface area contributed by atoms with Crippen molar-refractivity contribution in [1.29, 1.82) is 0 Å². The van der Waals surface area contributed by atoms with Gasteiger partial charge in [-0.2, -0.15) is 0 Å². The number of aromatic nitrogens is 3. The van der Waals surface area contributed by atoms with E-state index < -0.39 is 0 Å². The largest absolute Gasteiger partial charge is 0.506 e. The van der Waals surface area contributed by atoms with Gasteiger partial charge in [0.2, 0.25) is 0 Å². The molecule has 0 spiro atoms. The van der Waals surface area contributed by atoms with Gasteiger partial charge in [-0.15, -0.1) is 11.6 Å². The van der Waals surface area contributed by atoms with E-state index in [1.165, 1.54) is 0 Å². The van der Waals surface area contributed by atoms with Gasteiger partial charge in [0.05, 0.1) is 11.2 Å². The van der Waals surface area contributed by atoms with Gasteiger partial charge < -0.3 is 30.3 Å². The fourth-order valence-corrected chi connectivity index (χ4v) is 5.72. The Bertz CT molecular complexity index is 1870.